The molecule has 2 aromatic carbocycles. The van der Waals surface area contributed by atoms with Crippen LogP contribution in [0.1, 0.15) is 26.8 Å². The molecular formula is C20H16FNO4S. The van der Waals surface area contributed by atoms with Gasteiger partial charge in [-0.1, -0.05) is 30.3 Å². The van der Waals surface area contributed by atoms with Crippen LogP contribution in [0.4, 0.5) is 4.39 Å². The van der Waals surface area contributed by atoms with Gasteiger partial charge in [0.1, 0.15) is 17.1 Å². The second-order valence-corrected chi connectivity index (χ2v) is 6.64. The molecule has 5 nitrogen and oxygen atoms in total. The Bertz CT molecular complexity index is 925. The summed E-state index contributed by atoms with van der Waals surface area (Å²) in [6, 6.07) is 15.0. The third-order valence-corrected chi connectivity index (χ3v) is 4.73. The van der Waals surface area contributed by atoms with Gasteiger partial charge in [-0.2, -0.15) is 0 Å². The Morgan fingerprint density at radius 2 is 1.81 bits per heavy atom. The normalized spacial score (nSPS) is 11.6. The highest BCUT2D eigenvalue weighted by atomic mass is 32.1. The summed E-state index contributed by atoms with van der Waals surface area (Å²) < 4.78 is 18.2. The van der Waals surface area contributed by atoms with Crippen molar-refractivity contribution < 1.29 is 23.8 Å². The van der Waals surface area contributed by atoms with E-state index in [0.29, 0.717) is 5.56 Å². The molecule has 3 rings (SSSR count). The van der Waals surface area contributed by atoms with Crippen molar-refractivity contribution >= 4 is 23.2 Å². The van der Waals surface area contributed by atoms with Crippen molar-refractivity contribution in [2.75, 3.05) is 6.61 Å². The van der Waals surface area contributed by atoms with E-state index in [2.05, 4.69) is 5.32 Å². The van der Waals surface area contributed by atoms with E-state index in [4.69, 9.17) is 4.74 Å². The highest BCUT2D eigenvalue weighted by Crippen LogP contribution is 2.26. The van der Waals surface area contributed by atoms with Crippen molar-refractivity contribution in [3.8, 4) is 5.75 Å². The van der Waals surface area contributed by atoms with Crippen LogP contribution in [-0.4, -0.2) is 23.6 Å². The summed E-state index contributed by atoms with van der Waals surface area (Å²) in [6.45, 7) is -0.504. The molecule has 0 spiro atoms. The number of thiophene rings is 1. The lowest BCUT2D eigenvalue weighted by molar-refractivity contribution is -0.124. The summed E-state index contributed by atoms with van der Waals surface area (Å²) >= 11 is 1.45. The number of phenolic OH excluding ortho intramolecular Hbond substituents is 1. The molecule has 0 unspecified atom stereocenters. The lowest BCUT2D eigenvalue weighted by Crippen LogP contribution is -2.32. The van der Waals surface area contributed by atoms with Gasteiger partial charge in [0.15, 0.2) is 6.61 Å². The van der Waals surface area contributed by atoms with E-state index in [9.17, 15) is 19.1 Å². The Hall–Kier alpha value is -3.19. The number of amides is 1. The zero-order valence-corrected chi connectivity index (χ0v) is 14.9. The van der Waals surface area contributed by atoms with Crippen LogP contribution in [0.15, 0.2) is 66.0 Å². The Labute approximate surface area is 159 Å². The molecule has 7 heteroatoms. The van der Waals surface area contributed by atoms with Crippen molar-refractivity contribution in [2.45, 2.75) is 6.04 Å². The molecule has 0 fully saturated rings. The molecule has 138 valence electrons. The maximum absolute atomic E-state index is 13.2. The van der Waals surface area contributed by atoms with Gasteiger partial charge in [0.2, 0.25) is 0 Å². The number of carbonyl (C=O) groups excluding carboxylic acids is 2. The first-order chi connectivity index (χ1) is 13.0. The molecule has 2 N–H and O–H groups in total. The smallest absolute Gasteiger partial charge is 0.342 e. The number of esters is 1. The molecule has 0 saturated heterocycles. The average Bonchev–Trinajstić information content (AvgIpc) is 3.20. The molecular weight excluding hydrogens is 369 g/mol. The molecule has 0 radical (unpaired) electrons. The minimum atomic E-state index is -0.794. The fourth-order valence-corrected chi connectivity index (χ4v) is 3.29. The van der Waals surface area contributed by atoms with Gasteiger partial charge < -0.3 is 15.2 Å². The Morgan fingerprint density at radius 3 is 2.48 bits per heavy atom. The quantitative estimate of drug-likeness (QED) is 0.635. The lowest BCUT2D eigenvalue weighted by atomic mass is 10.1. The van der Waals surface area contributed by atoms with Gasteiger partial charge >= 0.3 is 5.97 Å². The van der Waals surface area contributed by atoms with Crippen molar-refractivity contribution in [1.82, 2.24) is 5.32 Å². The fourth-order valence-electron chi connectivity index (χ4n) is 2.49. The summed E-state index contributed by atoms with van der Waals surface area (Å²) in [7, 11) is 0. The van der Waals surface area contributed by atoms with Gasteiger partial charge in [-0.3, -0.25) is 4.79 Å². The number of rotatable bonds is 6. The van der Waals surface area contributed by atoms with Crippen LogP contribution in [-0.2, 0) is 9.53 Å². The van der Waals surface area contributed by atoms with E-state index >= 15 is 0 Å². The third kappa shape index (κ3) is 4.71. The maximum Gasteiger partial charge on any atom is 0.342 e. The van der Waals surface area contributed by atoms with E-state index in [1.54, 1.807) is 24.3 Å². The van der Waals surface area contributed by atoms with E-state index < -0.39 is 24.5 Å². The van der Waals surface area contributed by atoms with Crippen molar-refractivity contribution in [1.29, 1.82) is 0 Å². The van der Waals surface area contributed by atoms with Gasteiger partial charge in [0.05, 0.1) is 6.04 Å². The number of para-hydroxylation sites is 1. The first-order valence-corrected chi connectivity index (χ1v) is 8.96. The standard InChI is InChI=1S/C20H16FNO4S/c21-14-9-7-13(8-10-14)19(17-6-3-11-27-17)22-18(24)12-26-20(25)15-4-1-2-5-16(15)23/h1-11,19,23H,12H2,(H,22,24)/t19-/m1/s1. The Morgan fingerprint density at radius 1 is 1.07 bits per heavy atom. The summed E-state index contributed by atoms with van der Waals surface area (Å²) in [5.41, 5.74) is 0.692. The van der Waals surface area contributed by atoms with Crippen LogP contribution in [0.3, 0.4) is 0 Å². The largest absolute Gasteiger partial charge is 0.507 e. The van der Waals surface area contributed by atoms with Gasteiger partial charge in [-0.05, 0) is 41.3 Å². The van der Waals surface area contributed by atoms with E-state index in [1.807, 2.05) is 17.5 Å². The second kappa shape index (κ2) is 8.46. The first-order valence-electron chi connectivity index (χ1n) is 8.08. The molecule has 0 bridgehead atoms. The number of aromatic hydroxyl groups is 1. The maximum atomic E-state index is 13.2. The zero-order chi connectivity index (χ0) is 19.2. The number of nitrogens with one attached hydrogen (secondary N) is 1. The van der Waals surface area contributed by atoms with Crippen LogP contribution in [0.2, 0.25) is 0 Å². The number of hydrogen-bond acceptors (Lipinski definition) is 5. The van der Waals surface area contributed by atoms with Gasteiger partial charge in [0.25, 0.3) is 5.91 Å². The first kappa shape index (κ1) is 18.6. The lowest BCUT2D eigenvalue weighted by Gasteiger charge is -2.18. The van der Waals surface area contributed by atoms with E-state index in [0.717, 1.165) is 4.88 Å². The van der Waals surface area contributed by atoms with Crippen molar-refractivity contribution in [2.24, 2.45) is 0 Å². The van der Waals surface area contributed by atoms with Crippen LogP contribution >= 0.6 is 11.3 Å². The van der Waals surface area contributed by atoms with Gasteiger partial charge in [-0.15, -0.1) is 11.3 Å². The topological polar surface area (TPSA) is 75.6 Å². The van der Waals surface area contributed by atoms with Crippen LogP contribution in [0.25, 0.3) is 0 Å². The molecule has 0 saturated carbocycles. The average molecular weight is 385 g/mol. The zero-order valence-electron chi connectivity index (χ0n) is 14.1. The monoisotopic (exact) mass is 385 g/mol. The summed E-state index contributed by atoms with van der Waals surface area (Å²) in [5, 5.41) is 14.3. The highest BCUT2D eigenvalue weighted by Gasteiger charge is 2.20. The molecule has 1 atom stereocenters. The minimum Gasteiger partial charge on any atom is -0.507 e. The summed E-state index contributed by atoms with van der Waals surface area (Å²) in [4.78, 5) is 25.1. The number of ether oxygens (including phenoxy) is 1. The molecule has 1 amide bonds. The molecule has 0 aliphatic heterocycles. The van der Waals surface area contributed by atoms with Crippen LogP contribution < -0.4 is 5.32 Å². The predicted molar refractivity (Wildman–Crippen MR) is 99.1 cm³/mol. The number of hydrogen-bond donors (Lipinski definition) is 2. The third-order valence-electron chi connectivity index (χ3n) is 3.79. The van der Waals surface area contributed by atoms with Gasteiger partial charge in [-0.25, -0.2) is 9.18 Å². The number of phenols is 1. The number of benzene rings is 2. The summed E-state index contributed by atoms with van der Waals surface area (Å²) in [5.74, 6) is -1.89. The summed E-state index contributed by atoms with van der Waals surface area (Å²) in [6.07, 6.45) is 0. The molecule has 0 aliphatic rings. The minimum absolute atomic E-state index is 0.0151. The van der Waals surface area contributed by atoms with Crippen molar-refractivity contribution in [3.63, 3.8) is 0 Å². The molecule has 0 aliphatic carbocycles. The highest BCUT2D eigenvalue weighted by molar-refractivity contribution is 7.10. The molecule has 1 heterocycles. The fraction of sp³-hybridized carbons (Fsp3) is 0.100. The Balaban J connectivity index is 1.67. The predicted octanol–water partition coefficient (Wildman–Crippen LogP) is 3.66. The number of carbonyl (C=O) groups is 2. The van der Waals surface area contributed by atoms with Crippen molar-refractivity contribution in [3.05, 3.63) is 87.9 Å². The molecule has 27 heavy (non-hydrogen) atoms. The van der Waals surface area contributed by atoms with E-state index in [-0.39, 0.29) is 17.1 Å². The van der Waals surface area contributed by atoms with Gasteiger partial charge in [0, 0.05) is 4.88 Å². The second-order valence-electron chi connectivity index (χ2n) is 5.66. The molecule has 1 aromatic heterocycles. The van der Waals surface area contributed by atoms with Crippen LogP contribution in [0.5, 0.6) is 5.75 Å². The SMILES string of the molecule is O=C(COC(=O)c1ccccc1O)N[C@H](c1ccc(F)cc1)c1cccs1. The van der Waals surface area contributed by atoms with E-state index in [1.165, 1.54) is 35.6 Å². The van der Waals surface area contributed by atoms with Crippen LogP contribution in [0, 0.1) is 5.82 Å². The Kier molecular flexibility index (Phi) is 5.83. The number of halogens is 1. The molecule has 3 aromatic rings.